The van der Waals surface area contributed by atoms with Gasteiger partial charge in [0.1, 0.15) is 5.75 Å². The Labute approximate surface area is 185 Å². The molecular weight excluding hydrogens is 448 g/mol. The van der Waals surface area contributed by atoms with Crippen LogP contribution in [0.4, 0.5) is 0 Å². The zero-order valence-corrected chi connectivity index (χ0v) is 18.5. The normalized spacial score (nSPS) is 11.4. The number of benzene rings is 2. The number of nitrogens with zero attached hydrogens (tertiary/aromatic N) is 3. The third-order valence-electron chi connectivity index (χ3n) is 3.64. The highest BCUT2D eigenvalue weighted by atomic mass is 35.5. The van der Waals surface area contributed by atoms with Crippen molar-refractivity contribution in [1.82, 2.24) is 15.6 Å². The van der Waals surface area contributed by atoms with Gasteiger partial charge in [-0.25, -0.2) is 5.43 Å². The molecule has 6 nitrogen and oxygen atoms in total. The predicted molar refractivity (Wildman–Crippen MR) is 120 cm³/mol. The molecule has 0 aliphatic rings. The van der Waals surface area contributed by atoms with Crippen LogP contribution in [0.15, 0.2) is 62.3 Å². The second-order valence-electron chi connectivity index (χ2n) is 5.79. The number of carbonyl (C=O) groups excluding carboxylic acids is 1. The van der Waals surface area contributed by atoms with Crippen molar-refractivity contribution < 1.29 is 9.90 Å². The number of aromatic nitrogens is 2. The van der Waals surface area contributed by atoms with Gasteiger partial charge in [0.2, 0.25) is 0 Å². The Kier molecular flexibility index (Phi) is 7.93. The summed E-state index contributed by atoms with van der Waals surface area (Å²) in [5.41, 5.74) is 4.90. The van der Waals surface area contributed by atoms with Crippen LogP contribution in [0, 0.1) is 0 Å². The number of amides is 1. The van der Waals surface area contributed by atoms with Gasteiger partial charge < -0.3 is 5.11 Å². The zero-order valence-electron chi connectivity index (χ0n) is 15.3. The molecule has 0 radical (unpaired) electrons. The minimum Gasteiger partial charge on any atom is -0.508 e. The summed E-state index contributed by atoms with van der Waals surface area (Å²) in [7, 11) is 0. The van der Waals surface area contributed by atoms with Gasteiger partial charge in [0.05, 0.1) is 11.5 Å². The van der Waals surface area contributed by atoms with E-state index in [2.05, 4.69) is 20.7 Å². The number of nitrogens with one attached hydrogen (secondary N) is 1. The van der Waals surface area contributed by atoms with Gasteiger partial charge in [-0.05, 0) is 30.7 Å². The van der Waals surface area contributed by atoms with Crippen LogP contribution in [0.5, 0.6) is 5.75 Å². The highest BCUT2D eigenvalue weighted by Crippen LogP contribution is 2.32. The van der Waals surface area contributed by atoms with Crippen LogP contribution in [0.3, 0.4) is 0 Å². The van der Waals surface area contributed by atoms with E-state index in [4.69, 9.17) is 11.6 Å². The molecule has 1 aromatic heterocycles. The smallest absolute Gasteiger partial charge is 0.250 e. The minimum atomic E-state index is -0.241. The Morgan fingerprint density at radius 1 is 1.17 bits per heavy atom. The van der Waals surface area contributed by atoms with Crippen molar-refractivity contribution in [3.05, 3.63) is 64.7 Å². The minimum absolute atomic E-state index is 0.151. The molecule has 0 unspecified atom stereocenters. The maximum absolute atomic E-state index is 12.0. The van der Waals surface area contributed by atoms with E-state index in [1.807, 2.05) is 30.3 Å². The van der Waals surface area contributed by atoms with Crippen LogP contribution < -0.4 is 5.43 Å². The molecule has 2 N–H and O–H groups in total. The summed E-state index contributed by atoms with van der Waals surface area (Å²) in [6.45, 7) is 1.76. The van der Waals surface area contributed by atoms with Gasteiger partial charge >= 0.3 is 0 Å². The monoisotopic (exact) mass is 464 g/mol. The second-order valence-corrected chi connectivity index (χ2v) is 9.61. The van der Waals surface area contributed by atoms with E-state index < -0.39 is 0 Å². The third kappa shape index (κ3) is 6.74. The van der Waals surface area contributed by atoms with Crippen molar-refractivity contribution in [1.29, 1.82) is 0 Å². The molecule has 1 heterocycles. The number of phenols is 1. The summed E-state index contributed by atoms with van der Waals surface area (Å²) in [4.78, 5) is 12.0. The largest absolute Gasteiger partial charge is 0.508 e. The highest BCUT2D eigenvalue weighted by molar-refractivity contribution is 8.03. The van der Waals surface area contributed by atoms with Crippen molar-refractivity contribution >= 4 is 58.1 Å². The van der Waals surface area contributed by atoms with Gasteiger partial charge in [0, 0.05) is 16.3 Å². The van der Waals surface area contributed by atoms with Crippen molar-refractivity contribution in [2.24, 2.45) is 5.10 Å². The van der Waals surface area contributed by atoms with Crippen LogP contribution in [0.25, 0.3) is 0 Å². The van der Waals surface area contributed by atoms with Gasteiger partial charge in [-0.2, -0.15) is 5.10 Å². The first-order valence-corrected chi connectivity index (χ1v) is 11.6. The quantitative estimate of drug-likeness (QED) is 0.282. The molecule has 0 saturated carbocycles. The molecule has 0 aliphatic heterocycles. The lowest BCUT2D eigenvalue weighted by molar-refractivity contribution is -0.118. The fraction of sp³-hybridized carbons (Fsp3) is 0.158. The SMILES string of the molecule is C/C(=N/NC(=O)CSc1nnc(SCc2ccccc2Cl)s1)c1cccc(O)c1. The number of rotatable bonds is 8. The van der Waals surface area contributed by atoms with Crippen LogP contribution in [-0.4, -0.2) is 32.7 Å². The first-order valence-electron chi connectivity index (χ1n) is 8.46. The molecule has 2 aromatic carbocycles. The molecule has 0 aliphatic carbocycles. The summed E-state index contributed by atoms with van der Waals surface area (Å²) in [5, 5.41) is 22.6. The molecule has 10 heteroatoms. The van der Waals surface area contributed by atoms with Crippen LogP contribution >= 0.6 is 46.5 Å². The summed E-state index contributed by atoms with van der Waals surface area (Å²) in [5.74, 6) is 0.803. The molecule has 0 atom stereocenters. The van der Waals surface area contributed by atoms with Crippen molar-refractivity contribution in [2.75, 3.05) is 5.75 Å². The number of hydrogen-bond donors (Lipinski definition) is 2. The molecule has 0 spiro atoms. The fourth-order valence-corrected chi connectivity index (χ4v) is 5.27. The van der Waals surface area contributed by atoms with Crippen LogP contribution in [0.2, 0.25) is 5.02 Å². The van der Waals surface area contributed by atoms with Crippen LogP contribution in [0.1, 0.15) is 18.1 Å². The molecule has 3 aromatic rings. The van der Waals surface area contributed by atoms with E-state index in [1.54, 1.807) is 36.9 Å². The van der Waals surface area contributed by atoms with Gasteiger partial charge in [-0.15, -0.1) is 10.2 Å². The molecule has 0 bridgehead atoms. The standard InChI is InChI=1S/C19H17ClN4O2S3/c1-12(13-6-4-7-15(25)9-13)21-22-17(26)11-28-19-24-23-18(29-19)27-10-14-5-2-3-8-16(14)20/h2-9,25H,10-11H2,1H3,(H,22,26)/b21-12-. The van der Waals surface area contributed by atoms with Gasteiger partial charge in [0.25, 0.3) is 5.91 Å². The Morgan fingerprint density at radius 3 is 2.69 bits per heavy atom. The lowest BCUT2D eigenvalue weighted by Crippen LogP contribution is -2.21. The molecule has 29 heavy (non-hydrogen) atoms. The Balaban J connectivity index is 1.46. The topological polar surface area (TPSA) is 87.5 Å². The van der Waals surface area contributed by atoms with E-state index in [0.29, 0.717) is 11.5 Å². The molecule has 150 valence electrons. The van der Waals surface area contributed by atoms with E-state index in [9.17, 15) is 9.90 Å². The summed E-state index contributed by atoms with van der Waals surface area (Å²) in [6.07, 6.45) is 0. The van der Waals surface area contributed by atoms with Gasteiger partial charge in [0.15, 0.2) is 8.68 Å². The van der Waals surface area contributed by atoms with E-state index >= 15 is 0 Å². The number of carbonyl (C=O) groups is 1. The summed E-state index contributed by atoms with van der Waals surface area (Å²) < 4.78 is 1.54. The van der Waals surface area contributed by atoms with E-state index in [-0.39, 0.29) is 17.4 Å². The van der Waals surface area contributed by atoms with Gasteiger partial charge in [-0.3, -0.25) is 4.79 Å². The Morgan fingerprint density at radius 2 is 1.93 bits per heavy atom. The molecule has 1 amide bonds. The highest BCUT2D eigenvalue weighted by Gasteiger charge is 2.10. The number of hydrazone groups is 1. The third-order valence-corrected chi connectivity index (χ3v) is 7.24. The Bertz CT molecular complexity index is 1030. The van der Waals surface area contributed by atoms with Crippen LogP contribution in [-0.2, 0) is 10.5 Å². The van der Waals surface area contributed by atoms with Crippen molar-refractivity contribution in [3.63, 3.8) is 0 Å². The fourth-order valence-electron chi connectivity index (χ4n) is 2.17. The zero-order chi connectivity index (χ0) is 20.6. The number of thioether (sulfide) groups is 2. The maximum atomic E-state index is 12.0. The van der Waals surface area contributed by atoms with Gasteiger partial charge in [-0.1, -0.05) is 76.8 Å². The molecule has 0 saturated heterocycles. The number of halogens is 1. The molecular formula is C19H17ClN4O2S3. The van der Waals surface area contributed by atoms with Crippen molar-refractivity contribution in [2.45, 2.75) is 21.4 Å². The lowest BCUT2D eigenvalue weighted by atomic mass is 10.1. The number of aromatic hydroxyl groups is 1. The Hall–Kier alpha value is -2.07. The summed E-state index contributed by atoms with van der Waals surface area (Å²) in [6, 6.07) is 14.4. The van der Waals surface area contributed by atoms with Crippen molar-refractivity contribution in [3.8, 4) is 5.75 Å². The van der Waals surface area contributed by atoms with E-state index in [1.165, 1.54) is 23.1 Å². The lowest BCUT2D eigenvalue weighted by Gasteiger charge is -2.03. The first-order chi connectivity index (χ1) is 14.0. The number of hydrogen-bond acceptors (Lipinski definition) is 8. The summed E-state index contributed by atoms with van der Waals surface area (Å²) >= 11 is 10.5. The maximum Gasteiger partial charge on any atom is 0.250 e. The molecule has 3 rings (SSSR count). The average molecular weight is 465 g/mol. The predicted octanol–water partition coefficient (Wildman–Crippen LogP) is 4.82. The van der Waals surface area contributed by atoms with E-state index in [0.717, 1.165) is 24.8 Å². The molecule has 0 fully saturated rings. The number of phenolic OH excluding ortho intramolecular Hbond substituents is 1. The first kappa shape index (κ1) is 21.6. The average Bonchev–Trinajstić information content (AvgIpc) is 3.18. The second kappa shape index (κ2) is 10.6.